The summed E-state index contributed by atoms with van der Waals surface area (Å²) < 4.78 is 5.77. The molecule has 0 radical (unpaired) electrons. The maximum Gasteiger partial charge on any atom is 0.119 e. The van der Waals surface area contributed by atoms with Crippen molar-refractivity contribution < 1.29 is 22.3 Å². The maximum absolute atomic E-state index is 10.1. The largest absolute Gasteiger partial charge is 1.00 e. The van der Waals surface area contributed by atoms with Gasteiger partial charge in [-0.1, -0.05) is 56.3 Å². The summed E-state index contributed by atoms with van der Waals surface area (Å²) in [5, 5.41) is 10.1. The van der Waals surface area contributed by atoms with Gasteiger partial charge in [0.15, 0.2) is 0 Å². The van der Waals surface area contributed by atoms with Gasteiger partial charge < -0.3 is 27.2 Å². The molecule has 0 aromatic heterocycles. The Balaban J connectivity index is 0.00000243. The van der Waals surface area contributed by atoms with Crippen molar-refractivity contribution in [2.24, 2.45) is 0 Å². The molecule has 1 fully saturated rings. The predicted molar refractivity (Wildman–Crippen MR) is 102 cm³/mol. The van der Waals surface area contributed by atoms with Crippen LogP contribution in [-0.2, 0) is 5.41 Å². The lowest BCUT2D eigenvalue weighted by atomic mass is 9.78. The summed E-state index contributed by atoms with van der Waals surface area (Å²) in [4.78, 5) is 2.31. The van der Waals surface area contributed by atoms with Crippen LogP contribution in [0.15, 0.2) is 54.6 Å². The lowest BCUT2D eigenvalue weighted by Crippen LogP contribution is -3.00. The van der Waals surface area contributed by atoms with E-state index in [0.717, 1.165) is 18.8 Å². The monoisotopic (exact) mass is 374 g/mol. The fraction of sp³-hybridized carbons (Fsp3) is 0.455. The molecule has 4 heteroatoms. The molecule has 0 bridgehead atoms. The molecule has 26 heavy (non-hydrogen) atoms. The Morgan fingerprint density at radius 3 is 2.15 bits per heavy atom. The number of β-amino-alcohol motifs (C(OH)–C–C–N with tert-alkyl or cyclic N) is 1. The van der Waals surface area contributed by atoms with Crippen molar-refractivity contribution in [2.45, 2.75) is 38.2 Å². The smallest absolute Gasteiger partial charge is 0.119 e. The highest BCUT2D eigenvalue weighted by molar-refractivity contribution is 5.39. The van der Waals surface area contributed by atoms with E-state index in [1.807, 2.05) is 18.2 Å². The van der Waals surface area contributed by atoms with Crippen LogP contribution in [0.5, 0.6) is 5.75 Å². The first kappa shape index (κ1) is 20.8. The lowest BCUT2D eigenvalue weighted by molar-refractivity contribution is -0.00000750. The van der Waals surface area contributed by atoms with Crippen molar-refractivity contribution in [3.63, 3.8) is 0 Å². The highest BCUT2D eigenvalue weighted by Crippen LogP contribution is 2.32. The van der Waals surface area contributed by atoms with Crippen LogP contribution in [0.4, 0.5) is 0 Å². The Labute approximate surface area is 163 Å². The van der Waals surface area contributed by atoms with Gasteiger partial charge in [0.1, 0.15) is 18.5 Å². The van der Waals surface area contributed by atoms with Crippen molar-refractivity contribution in [3.8, 4) is 5.75 Å². The molecule has 1 atom stereocenters. The van der Waals surface area contributed by atoms with Crippen LogP contribution in [0.3, 0.4) is 0 Å². The number of ether oxygens (including phenoxy) is 1. The van der Waals surface area contributed by atoms with Gasteiger partial charge in [-0.3, -0.25) is 0 Å². The van der Waals surface area contributed by atoms with Gasteiger partial charge in [0, 0.05) is 12.0 Å². The summed E-state index contributed by atoms with van der Waals surface area (Å²) >= 11 is 0. The second-order valence-corrected chi connectivity index (χ2v) is 7.49. The molecule has 0 amide bonds. The zero-order chi connectivity index (χ0) is 17.7. The topological polar surface area (TPSA) is 32.7 Å². The first-order valence-corrected chi connectivity index (χ1v) is 9.25. The van der Waals surface area contributed by atoms with Crippen molar-refractivity contribution in [1.82, 2.24) is 4.90 Å². The van der Waals surface area contributed by atoms with E-state index in [1.54, 1.807) is 0 Å². The highest BCUT2D eigenvalue weighted by Gasteiger charge is 2.22. The van der Waals surface area contributed by atoms with Gasteiger partial charge in [0.05, 0.1) is 0 Å². The van der Waals surface area contributed by atoms with Gasteiger partial charge >= 0.3 is 0 Å². The Hall–Kier alpha value is -1.55. The van der Waals surface area contributed by atoms with E-state index in [0.29, 0.717) is 13.2 Å². The van der Waals surface area contributed by atoms with E-state index >= 15 is 0 Å². The second kappa shape index (κ2) is 9.40. The summed E-state index contributed by atoms with van der Waals surface area (Å²) in [6.07, 6.45) is 2.05. The minimum absolute atomic E-state index is 0. The van der Waals surface area contributed by atoms with Gasteiger partial charge in [-0.2, -0.15) is 0 Å². The molecule has 3 nitrogen and oxygen atoms in total. The number of halogens is 1. The van der Waals surface area contributed by atoms with Crippen LogP contribution in [-0.4, -0.2) is 42.4 Å². The number of hydrogen-bond acceptors (Lipinski definition) is 3. The lowest BCUT2D eigenvalue weighted by Gasteiger charge is -2.26. The van der Waals surface area contributed by atoms with Crippen molar-refractivity contribution in [3.05, 3.63) is 65.7 Å². The van der Waals surface area contributed by atoms with Crippen molar-refractivity contribution in [2.75, 3.05) is 26.2 Å². The van der Waals surface area contributed by atoms with Crippen LogP contribution in [0.25, 0.3) is 0 Å². The first-order valence-electron chi connectivity index (χ1n) is 9.25. The predicted octanol–water partition coefficient (Wildman–Crippen LogP) is 0.852. The summed E-state index contributed by atoms with van der Waals surface area (Å²) in [5.74, 6) is 0.813. The normalized spacial score (nSPS) is 16.1. The Morgan fingerprint density at radius 2 is 1.54 bits per heavy atom. The van der Waals surface area contributed by atoms with Gasteiger partial charge in [0.25, 0.3) is 0 Å². The fourth-order valence-corrected chi connectivity index (χ4v) is 3.50. The Bertz CT molecular complexity index is 652. The molecule has 0 spiro atoms. The number of rotatable bonds is 7. The summed E-state index contributed by atoms with van der Waals surface area (Å²) in [6, 6.07) is 18.8. The van der Waals surface area contributed by atoms with E-state index in [4.69, 9.17) is 4.74 Å². The molecule has 1 saturated heterocycles. The Kier molecular flexibility index (Phi) is 7.51. The van der Waals surface area contributed by atoms with E-state index in [9.17, 15) is 5.11 Å². The van der Waals surface area contributed by atoms with E-state index in [1.165, 1.54) is 24.0 Å². The average molecular weight is 375 g/mol. The quantitative estimate of drug-likeness (QED) is 0.780. The number of aliphatic hydroxyl groups is 1. The summed E-state index contributed by atoms with van der Waals surface area (Å²) in [6.45, 7) is 7.72. The SMILES string of the molecule is CC(C)(c1ccccc1)c1ccc(OCC(O)CN2CCCC2)cc1.[Cl-]. The molecular weight excluding hydrogens is 346 g/mol. The summed E-state index contributed by atoms with van der Waals surface area (Å²) in [7, 11) is 0. The molecule has 1 heterocycles. The third-order valence-corrected chi connectivity index (χ3v) is 5.18. The Morgan fingerprint density at radius 1 is 0.962 bits per heavy atom. The molecule has 0 aliphatic carbocycles. The van der Waals surface area contributed by atoms with E-state index in [2.05, 4.69) is 55.1 Å². The number of benzene rings is 2. The van der Waals surface area contributed by atoms with Gasteiger partial charge in [0.2, 0.25) is 0 Å². The van der Waals surface area contributed by atoms with Crippen LogP contribution in [0.2, 0.25) is 0 Å². The molecule has 1 aliphatic rings. The van der Waals surface area contributed by atoms with Gasteiger partial charge in [-0.25, -0.2) is 0 Å². The number of aliphatic hydroxyl groups excluding tert-OH is 1. The van der Waals surface area contributed by atoms with Gasteiger partial charge in [-0.15, -0.1) is 0 Å². The zero-order valence-electron chi connectivity index (χ0n) is 15.7. The van der Waals surface area contributed by atoms with Crippen LogP contribution in [0.1, 0.15) is 37.8 Å². The van der Waals surface area contributed by atoms with Crippen LogP contribution >= 0.6 is 0 Å². The van der Waals surface area contributed by atoms with E-state index < -0.39 is 6.10 Å². The number of likely N-dealkylation sites (tertiary alicyclic amines) is 1. The third-order valence-electron chi connectivity index (χ3n) is 5.18. The summed E-state index contributed by atoms with van der Waals surface area (Å²) in [5.41, 5.74) is 2.50. The minimum Gasteiger partial charge on any atom is -1.00 e. The molecule has 2 aromatic rings. The molecular formula is C22H29ClNO2-. The molecule has 1 N–H and O–H groups in total. The molecule has 142 valence electrons. The molecule has 3 rings (SSSR count). The first-order chi connectivity index (χ1) is 12.1. The third kappa shape index (κ3) is 5.23. The zero-order valence-corrected chi connectivity index (χ0v) is 16.5. The fourth-order valence-electron chi connectivity index (χ4n) is 3.50. The molecule has 1 aliphatic heterocycles. The van der Waals surface area contributed by atoms with Gasteiger partial charge in [-0.05, 0) is 49.2 Å². The highest BCUT2D eigenvalue weighted by atomic mass is 35.5. The van der Waals surface area contributed by atoms with Crippen LogP contribution in [0, 0.1) is 0 Å². The van der Waals surface area contributed by atoms with E-state index in [-0.39, 0.29) is 17.8 Å². The second-order valence-electron chi connectivity index (χ2n) is 7.49. The maximum atomic E-state index is 10.1. The standard InChI is InChI=1S/C22H29NO2.ClH/c1-22(2,18-8-4-3-5-9-18)19-10-12-21(13-11-19)25-17-20(24)16-23-14-6-7-15-23;/h3-5,8-13,20,24H,6-7,14-17H2,1-2H3;1H/p-1. The van der Waals surface area contributed by atoms with Crippen molar-refractivity contribution in [1.29, 1.82) is 0 Å². The van der Waals surface area contributed by atoms with Crippen LogP contribution < -0.4 is 17.1 Å². The van der Waals surface area contributed by atoms with Crippen molar-refractivity contribution >= 4 is 0 Å². The molecule has 0 saturated carbocycles. The number of hydrogen-bond donors (Lipinski definition) is 1. The average Bonchev–Trinajstić information content (AvgIpc) is 3.14. The molecule has 2 aromatic carbocycles. The number of nitrogens with zero attached hydrogens (tertiary/aromatic N) is 1. The molecule has 1 unspecified atom stereocenters. The minimum atomic E-state index is -0.432.